The summed E-state index contributed by atoms with van der Waals surface area (Å²) in [6.45, 7) is 6.14. The Bertz CT molecular complexity index is 1620. The van der Waals surface area contributed by atoms with Crippen LogP contribution in [0, 0.1) is 5.92 Å². The van der Waals surface area contributed by atoms with Gasteiger partial charge in [-0.25, -0.2) is 9.78 Å². The van der Waals surface area contributed by atoms with Crippen molar-refractivity contribution in [2.75, 3.05) is 6.61 Å². The van der Waals surface area contributed by atoms with E-state index in [9.17, 15) is 19.2 Å². The van der Waals surface area contributed by atoms with Gasteiger partial charge < -0.3 is 30.4 Å². The van der Waals surface area contributed by atoms with Gasteiger partial charge in [0.1, 0.15) is 18.7 Å². The number of carbonyl (C=O) groups excluding carboxylic acids is 4. The molecule has 0 aliphatic rings. The third kappa shape index (κ3) is 11.3. The lowest BCUT2D eigenvalue weighted by Crippen LogP contribution is -2.56. The van der Waals surface area contributed by atoms with E-state index in [-0.39, 0.29) is 50.4 Å². The predicted octanol–water partition coefficient (Wildman–Crippen LogP) is 5.00. The number of imidazole rings is 1. The van der Waals surface area contributed by atoms with E-state index in [2.05, 4.69) is 25.9 Å². The Morgan fingerprint density at radius 2 is 1.52 bits per heavy atom. The van der Waals surface area contributed by atoms with Crippen LogP contribution in [-0.4, -0.2) is 58.6 Å². The maximum absolute atomic E-state index is 14.0. The molecule has 0 spiro atoms. The Balaban J connectivity index is 1.55. The molecule has 0 radical (unpaired) electrons. The number of H-pyrrole nitrogens is 1. The Labute approximate surface area is 281 Å². The average Bonchev–Trinajstić information content (AvgIpc) is 3.59. The van der Waals surface area contributed by atoms with Gasteiger partial charge in [0.05, 0.1) is 12.9 Å². The van der Waals surface area contributed by atoms with Crippen LogP contribution in [0.3, 0.4) is 0 Å². The topological polar surface area (TPSA) is 152 Å². The number of carbonyl (C=O) groups is 4. The number of benzene rings is 3. The number of fused-ring (bicyclic) bond motifs is 1. The predicted molar refractivity (Wildman–Crippen MR) is 183 cm³/mol. The average molecular weight is 656 g/mol. The molecule has 0 aliphatic heterocycles. The quantitative estimate of drug-likeness (QED) is 0.117. The van der Waals surface area contributed by atoms with Gasteiger partial charge in [0.2, 0.25) is 11.8 Å². The molecule has 4 rings (SSSR count). The number of hydrogen-bond donors (Lipinski definition) is 4. The van der Waals surface area contributed by atoms with Crippen LogP contribution in [0.4, 0.5) is 4.79 Å². The Morgan fingerprint density at radius 3 is 2.25 bits per heavy atom. The summed E-state index contributed by atoms with van der Waals surface area (Å²) in [7, 11) is 0. The van der Waals surface area contributed by atoms with E-state index in [1.54, 1.807) is 13.1 Å². The molecule has 1 aromatic heterocycles. The van der Waals surface area contributed by atoms with Gasteiger partial charge in [-0.15, -0.1) is 0 Å². The molecule has 1 unspecified atom stereocenters. The smallest absolute Gasteiger partial charge is 0.408 e. The summed E-state index contributed by atoms with van der Waals surface area (Å²) < 4.78 is 10.5. The largest absolute Gasteiger partial charge is 0.466 e. The first kappa shape index (κ1) is 35.7. The Kier molecular flexibility index (Phi) is 13.5. The van der Waals surface area contributed by atoms with Gasteiger partial charge >= 0.3 is 12.1 Å². The van der Waals surface area contributed by atoms with Gasteiger partial charge in [-0.2, -0.15) is 0 Å². The maximum atomic E-state index is 14.0. The lowest BCUT2D eigenvalue weighted by Gasteiger charge is -2.26. The number of rotatable bonds is 17. The molecule has 11 heteroatoms. The van der Waals surface area contributed by atoms with Crippen LogP contribution in [0.5, 0.6) is 0 Å². The number of aromatic nitrogens is 2. The summed E-state index contributed by atoms with van der Waals surface area (Å²) >= 11 is 0. The van der Waals surface area contributed by atoms with Crippen molar-refractivity contribution in [3.63, 3.8) is 0 Å². The van der Waals surface area contributed by atoms with Crippen molar-refractivity contribution < 1.29 is 28.7 Å². The third-order valence-corrected chi connectivity index (χ3v) is 7.84. The fourth-order valence-corrected chi connectivity index (χ4v) is 5.55. The van der Waals surface area contributed by atoms with Crippen molar-refractivity contribution in [3.8, 4) is 0 Å². The molecule has 3 aromatic carbocycles. The highest BCUT2D eigenvalue weighted by molar-refractivity contribution is 5.93. The molecule has 0 aliphatic carbocycles. The highest BCUT2D eigenvalue weighted by Crippen LogP contribution is 2.20. The highest BCUT2D eigenvalue weighted by atomic mass is 16.5. The van der Waals surface area contributed by atoms with E-state index in [1.807, 2.05) is 86.6 Å². The number of nitrogens with zero attached hydrogens (tertiary/aromatic N) is 1. The molecular weight excluding hydrogens is 610 g/mol. The molecule has 1 heterocycles. The molecule has 0 saturated heterocycles. The molecule has 3 atom stereocenters. The van der Waals surface area contributed by atoms with Gasteiger partial charge in [-0.3, -0.25) is 14.4 Å². The molecule has 3 amide bonds. The molecule has 0 bridgehead atoms. The van der Waals surface area contributed by atoms with Crippen LogP contribution in [0.1, 0.15) is 56.9 Å². The minimum Gasteiger partial charge on any atom is -0.466 e. The van der Waals surface area contributed by atoms with Crippen molar-refractivity contribution in [1.82, 2.24) is 25.9 Å². The van der Waals surface area contributed by atoms with Gasteiger partial charge in [0, 0.05) is 37.2 Å². The van der Waals surface area contributed by atoms with Crippen molar-refractivity contribution in [2.45, 2.75) is 77.6 Å². The molecule has 4 N–H and O–H groups in total. The van der Waals surface area contributed by atoms with E-state index in [0.717, 1.165) is 21.9 Å². The van der Waals surface area contributed by atoms with Crippen molar-refractivity contribution in [1.29, 1.82) is 0 Å². The number of esters is 1. The molecule has 4 aromatic rings. The summed E-state index contributed by atoms with van der Waals surface area (Å²) in [6.07, 6.45) is 3.80. The minimum absolute atomic E-state index is 0.0309. The zero-order valence-electron chi connectivity index (χ0n) is 27.7. The standard InChI is InChI=1S/C37H45N5O6/c1-4-47-34(43)18-17-29(19-25(2)3)40-35(44)33(21-30-22-38-24-39-30)41-36(45)32(42-37(46)48-23-26-11-6-5-7-12-26)20-28-15-10-14-27-13-8-9-16-31(27)28/h5-16,22,24-25,29,32-33H,4,17-21,23H2,1-3H3,(H,38,39)(H,40,44)(H,41,45)(H,42,46)/t29?,32-,33-/m0/s1. The normalized spacial score (nSPS) is 12.9. The van der Waals surface area contributed by atoms with Crippen LogP contribution >= 0.6 is 0 Å². The van der Waals surface area contributed by atoms with Crippen LogP contribution in [-0.2, 0) is 43.3 Å². The summed E-state index contributed by atoms with van der Waals surface area (Å²) in [4.78, 5) is 60.0. The van der Waals surface area contributed by atoms with Gasteiger partial charge in [-0.05, 0) is 47.6 Å². The Hall–Kier alpha value is -5.19. The summed E-state index contributed by atoms with van der Waals surface area (Å²) in [5, 5.41) is 10.6. The number of nitrogens with one attached hydrogen (secondary N) is 4. The fourth-order valence-electron chi connectivity index (χ4n) is 5.55. The monoisotopic (exact) mass is 655 g/mol. The number of hydrogen-bond acceptors (Lipinski definition) is 7. The lowest BCUT2D eigenvalue weighted by atomic mass is 9.97. The maximum Gasteiger partial charge on any atom is 0.408 e. The second-order valence-corrected chi connectivity index (χ2v) is 12.1. The lowest BCUT2D eigenvalue weighted by molar-refractivity contribution is -0.143. The van der Waals surface area contributed by atoms with Gasteiger partial charge in [0.25, 0.3) is 0 Å². The van der Waals surface area contributed by atoms with E-state index in [0.29, 0.717) is 18.5 Å². The van der Waals surface area contributed by atoms with Crippen LogP contribution in [0.25, 0.3) is 10.8 Å². The first-order valence-corrected chi connectivity index (χ1v) is 16.4. The van der Waals surface area contributed by atoms with E-state index in [4.69, 9.17) is 9.47 Å². The molecular formula is C37H45N5O6. The van der Waals surface area contributed by atoms with Crippen molar-refractivity contribution in [2.24, 2.45) is 5.92 Å². The molecule has 48 heavy (non-hydrogen) atoms. The summed E-state index contributed by atoms with van der Waals surface area (Å²) in [5.41, 5.74) is 2.29. The summed E-state index contributed by atoms with van der Waals surface area (Å²) in [6, 6.07) is 20.5. The van der Waals surface area contributed by atoms with Crippen molar-refractivity contribution in [3.05, 3.63) is 102 Å². The van der Waals surface area contributed by atoms with E-state index >= 15 is 0 Å². The zero-order chi connectivity index (χ0) is 34.3. The van der Waals surface area contributed by atoms with Crippen LogP contribution in [0.2, 0.25) is 0 Å². The zero-order valence-corrected chi connectivity index (χ0v) is 27.7. The first-order chi connectivity index (χ1) is 23.2. The molecule has 254 valence electrons. The molecule has 11 nitrogen and oxygen atoms in total. The van der Waals surface area contributed by atoms with Gasteiger partial charge in [0.15, 0.2) is 0 Å². The van der Waals surface area contributed by atoms with Crippen LogP contribution < -0.4 is 16.0 Å². The molecule has 0 fully saturated rings. The number of amides is 3. The summed E-state index contributed by atoms with van der Waals surface area (Å²) in [5.74, 6) is -1.05. The minimum atomic E-state index is -1.06. The van der Waals surface area contributed by atoms with E-state index < -0.39 is 30.0 Å². The van der Waals surface area contributed by atoms with Crippen molar-refractivity contribution >= 4 is 34.6 Å². The Morgan fingerprint density at radius 1 is 0.812 bits per heavy atom. The second-order valence-electron chi connectivity index (χ2n) is 12.1. The fraction of sp³-hybridized carbons (Fsp3) is 0.378. The van der Waals surface area contributed by atoms with Crippen LogP contribution in [0.15, 0.2) is 85.3 Å². The second kappa shape index (κ2) is 18.2. The number of alkyl carbamates (subject to hydrolysis) is 1. The number of aromatic amines is 1. The third-order valence-electron chi connectivity index (χ3n) is 7.84. The highest BCUT2D eigenvalue weighted by Gasteiger charge is 2.30. The first-order valence-electron chi connectivity index (χ1n) is 16.4. The SMILES string of the molecule is CCOC(=O)CCC(CC(C)C)NC(=O)[C@H](Cc1cnc[nH]1)NC(=O)[C@H](Cc1cccc2ccccc12)NC(=O)OCc1ccccc1. The number of ether oxygens (including phenoxy) is 2. The van der Waals surface area contributed by atoms with Gasteiger partial charge in [-0.1, -0.05) is 86.6 Å². The van der Waals surface area contributed by atoms with E-state index in [1.165, 1.54) is 6.33 Å². The molecule has 0 saturated carbocycles.